The molecule has 104 valence electrons. The number of rotatable bonds is 6. The van der Waals surface area contributed by atoms with Crippen LogP contribution in [0.3, 0.4) is 0 Å². The van der Waals surface area contributed by atoms with E-state index >= 15 is 0 Å². The Kier molecular flexibility index (Phi) is 5.01. The molecule has 0 spiro atoms. The first-order valence-corrected chi connectivity index (χ1v) is 6.99. The van der Waals surface area contributed by atoms with E-state index in [0.717, 1.165) is 17.0 Å². The van der Waals surface area contributed by atoms with Crippen molar-refractivity contribution in [3.05, 3.63) is 59.9 Å². The maximum atomic E-state index is 13.1. The van der Waals surface area contributed by atoms with Crippen LogP contribution < -0.4 is 4.74 Å². The zero-order valence-corrected chi connectivity index (χ0v) is 11.4. The first kappa shape index (κ1) is 14.4. The van der Waals surface area contributed by atoms with Crippen LogP contribution in [0.15, 0.2) is 53.4 Å². The van der Waals surface area contributed by atoms with Crippen molar-refractivity contribution in [3.63, 3.8) is 0 Å². The smallest absolute Gasteiger partial charge is 0.339 e. The second-order valence-electron chi connectivity index (χ2n) is 3.96. The fraction of sp³-hybridized carbons (Fsp3) is 0.133. The van der Waals surface area contributed by atoms with Gasteiger partial charge in [0, 0.05) is 16.7 Å². The molecule has 0 atom stereocenters. The summed E-state index contributed by atoms with van der Waals surface area (Å²) in [5.41, 5.74) is -0.0314. The molecule has 0 fully saturated rings. The van der Waals surface area contributed by atoms with Gasteiger partial charge in [0.2, 0.25) is 0 Å². The fourth-order valence-electron chi connectivity index (χ4n) is 1.62. The number of aromatic carboxylic acids is 1. The first-order valence-electron chi connectivity index (χ1n) is 6.00. The molecule has 0 aliphatic carbocycles. The predicted octanol–water partition coefficient (Wildman–Crippen LogP) is 3.70. The van der Waals surface area contributed by atoms with Gasteiger partial charge in [0.25, 0.3) is 0 Å². The zero-order chi connectivity index (χ0) is 14.4. The number of ether oxygens (including phenoxy) is 1. The molecule has 0 unspecified atom stereocenters. The highest BCUT2D eigenvalue weighted by atomic mass is 32.2. The summed E-state index contributed by atoms with van der Waals surface area (Å²) in [5, 5.41) is 8.98. The van der Waals surface area contributed by atoms with Gasteiger partial charge in [-0.1, -0.05) is 18.2 Å². The Balaban J connectivity index is 1.91. The molecule has 0 radical (unpaired) electrons. The minimum Gasteiger partial charge on any atom is -0.492 e. The monoisotopic (exact) mass is 292 g/mol. The Morgan fingerprint density at radius 3 is 2.65 bits per heavy atom. The minimum atomic E-state index is -1.13. The largest absolute Gasteiger partial charge is 0.492 e. The maximum Gasteiger partial charge on any atom is 0.339 e. The normalized spacial score (nSPS) is 10.2. The molecular formula is C15H13FO3S. The summed E-state index contributed by atoms with van der Waals surface area (Å²) in [5.74, 6) is -0.929. The van der Waals surface area contributed by atoms with Crippen molar-refractivity contribution in [3.8, 4) is 5.75 Å². The third kappa shape index (κ3) is 3.99. The van der Waals surface area contributed by atoms with Crippen LogP contribution in [0.5, 0.6) is 5.75 Å². The van der Waals surface area contributed by atoms with Gasteiger partial charge < -0.3 is 9.84 Å². The number of benzene rings is 2. The van der Waals surface area contributed by atoms with Crippen LogP contribution in [-0.2, 0) is 0 Å². The minimum absolute atomic E-state index is 0.0314. The summed E-state index contributed by atoms with van der Waals surface area (Å²) >= 11 is 1.59. The van der Waals surface area contributed by atoms with Gasteiger partial charge in [0.1, 0.15) is 17.1 Å². The van der Waals surface area contributed by atoms with Crippen molar-refractivity contribution in [2.75, 3.05) is 12.4 Å². The predicted molar refractivity (Wildman–Crippen MR) is 76.0 cm³/mol. The molecule has 0 heterocycles. The zero-order valence-electron chi connectivity index (χ0n) is 10.6. The molecule has 20 heavy (non-hydrogen) atoms. The van der Waals surface area contributed by atoms with E-state index in [4.69, 9.17) is 9.84 Å². The van der Waals surface area contributed by atoms with Gasteiger partial charge in [-0.15, -0.1) is 11.8 Å². The van der Waals surface area contributed by atoms with Gasteiger partial charge in [-0.25, -0.2) is 9.18 Å². The molecule has 5 heteroatoms. The lowest BCUT2D eigenvalue weighted by atomic mass is 10.2. The molecule has 0 bridgehead atoms. The molecule has 0 aliphatic rings. The van der Waals surface area contributed by atoms with Crippen molar-refractivity contribution in [1.82, 2.24) is 0 Å². The SMILES string of the molecule is O=C(O)c1ccc(F)cc1OCCSc1ccccc1. The average molecular weight is 292 g/mol. The van der Waals surface area contributed by atoms with E-state index in [1.165, 1.54) is 6.07 Å². The van der Waals surface area contributed by atoms with Crippen molar-refractivity contribution in [2.45, 2.75) is 4.90 Å². The van der Waals surface area contributed by atoms with Gasteiger partial charge in [-0.3, -0.25) is 0 Å². The van der Waals surface area contributed by atoms with E-state index in [2.05, 4.69) is 0 Å². The molecule has 1 N–H and O–H groups in total. The van der Waals surface area contributed by atoms with E-state index in [1.54, 1.807) is 11.8 Å². The van der Waals surface area contributed by atoms with Crippen LogP contribution in [0.2, 0.25) is 0 Å². The summed E-state index contributed by atoms with van der Waals surface area (Å²) in [4.78, 5) is 12.1. The third-order valence-electron chi connectivity index (χ3n) is 2.53. The van der Waals surface area contributed by atoms with Crippen molar-refractivity contribution < 1.29 is 19.0 Å². The highest BCUT2D eigenvalue weighted by molar-refractivity contribution is 7.99. The van der Waals surface area contributed by atoms with Crippen molar-refractivity contribution >= 4 is 17.7 Å². The standard InChI is InChI=1S/C15H13FO3S/c16-11-6-7-13(15(17)18)14(10-11)19-8-9-20-12-4-2-1-3-5-12/h1-7,10H,8-9H2,(H,17,18). The molecule has 0 aliphatic heterocycles. The quantitative estimate of drug-likeness (QED) is 0.651. The average Bonchev–Trinajstić information content (AvgIpc) is 2.44. The Morgan fingerprint density at radius 2 is 1.95 bits per heavy atom. The Labute approximate surface area is 120 Å². The van der Waals surface area contributed by atoms with E-state index in [0.29, 0.717) is 12.4 Å². The van der Waals surface area contributed by atoms with E-state index in [9.17, 15) is 9.18 Å². The number of hydrogen-bond acceptors (Lipinski definition) is 3. The van der Waals surface area contributed by atoms with Gasteiger partial charge in [-0.2, -0.15) is 0 Å². The Hall–Kier alpha value is -2.01. The number of carboxylic acids is 1. The number of carboxylic acid groups (broad SMARTS) is 1. The van der Waals surface area contributed by atoms with Crippen molar-refractivity contribution in [2.24, 2.45) is 0 Å². The second-order valence-corrected chi connectivity index (χ2v) is 5.12. The molecule has 2 rings (SSSR count). The fourth-order valence-corrected chi connectivity index (χ4v) is 2.37. The van der Waals surface area contributed by atoms with Crippen molar-refractivity contribution in [1.29, 1.82) is 0 Å². The summed E-state index contributed by atoms with van der Waals surface area (Å²) < 4.78 is 18.5. The highest BCUT2D eigenvalue weighted by Gasteiger charge is 2.12. The molecule has 3 nitrogen and oxygen atoms in total. The van der Waals surface area contributed by atoms with Crippen LogP contribution in [0, 0.1) is 5.82 Å². The second kappa shape index (κ2) is 6.96. The van der Waals surface area contributed by atoms with E-state index in [-0.39, 0.29) is 11.3 Å². The molecule has 2 aromatic carbocycles. The molecular weight excluding hydrogens is 279 g/mol. The molecule has 0 saturated carbocycles. The summed E-state index contributed by atoms with van der Waals surface area (Å²) in [6.45, 7) is 0.309. The lowest BCUT2D eigenvalue weighted by Crippen LogP contribution is -2.06. The van der Waals surface area contributed by atoms with Gasteiger partial charge >= 0.3 is 5.97 Å². The summed E-state index contributed by atoms with van der Waals surface area (Å²) in [6, 6.07) is 13.2. The first-order chi connectivity index (χ1) is 9.66. The van der Waals surface area contributed by atoms with Crippen LogP contribution >= 0.6 is 11.8 Å². The lowest BCUT2D eigenvalue weighted by molar-refractivity contribution is 0.0692. The molecule has 0 amide bonds. The lowest BCUT2D eigenvalue weighted by Gasteiger charge is -2.09. The molecule has 2 aromatic rings. The topological polar surface area (TPSA) is 46.5 Å². The number of hydrogen-bond donors (Lipinski definition) is 1. The van der Waals surface area contributed by atoms with Gasteiger partial charge in [0.05, 0.1) is 6.61 Å². The van der Waals surface area contributed by atoms with E-state index < -0.39 is 11.8 Å². The summed E-state index contributed by atoms with van der Waals surface area (Å²) in [7, 11) is 0. The third-order valence-corrected chi connectivity index (χ3v) is 3.50. The van der Waals surface area contributed by atoms with Gasteiger partial charge in [0.15, 0.2) is 0 Å². The van der Waals surface area contributed by atoms with Crippen LogP contribution in [0.1, 0.15) is 10.4 Å². The number of thioether (sulfide) groups is 1. The molecule has 0 aromatic heterocycles. The summed E-state index contributed by atoms with van der Waals surface area (Å²) in [6.07, 6.45) is 0. The van der Waals surface area contributed by atoms with Crippen LogP contribution in [0.4, 0.5) is 4.39 Å². The number of halogens is 1. The van der Waals surface area contributed by atoms with Crippen LogP contribution in [-0.4, -0.2) is 23.4 Å². The Bertz CT molecular complexity index is 587. The highest BCUT2D eigenvalue weighted by Crippen LogP contribution is 2.21. The number of carbonyl (C=O) groups is 1. The van der Waals surface area contributed by atoms with E-state index in [1.807, 2.05) is 30.3 Å². The van der Waals surface area contributed by atoms with Gasteiger partial charge in [-0.05, 0) is 24.3 Å². The Morgan fingerprint density at radius 1 is 1.20 bits per heavy atom. The maximum absolute atomic E-state index is 13.1. The molecule has 0 saturated heterocycles. The van der Waals surface area contributed by atoms with Crippen LogP contribution in [0.25, 0.3) is 0 Å².